The maximum absolute atomic E-state index is 13.7. The molecule has 0 fully saturated rings. The Bertz CT molecular complexity index is 1500. The first-order valence-electron chi connectivity index (χ1n) is 12.1. The van der Waals surface area contributed by atoms with E-state index in [4.69, 9.17) is 4.74 Å². The maximum atomic E-state index is 13.7. The van der Waals surface area contributed by atoms with E-state index in [1.807, 2.05) is 19.9 Å². The van der Waals surface area contributed by atoms with Gasteiger partial charge in [0.2, 0.25) is 15.9 Å². The molecule has 204 valence electrons. The van der Waals surface area contributed by atoms with Gasteiger partial charge in [0.25, 0.3) is 10.0 Å². The molecule has 0 aliphatic heterocycles. The SMILES string of the molecule is CCc1ccccc1N(CC(=O)Nc1cc(S(=O)(=O)NC(C)C)ccc1OC)S(=O)(=O)c1ccc(C)cc1. The Morgan fingerprint density at radius 1 is 0.947 bits per heavy atom. The smallest absolute Gasteiger partial charge is 0.264 e. The average molecular weight is 560 g/mol. The van der Waals surface area contributed by atoms with Gasteiger partial charge >= 0.3 is 0 Å². The molecular weight excluding hydrogens is 526 g/mol. The van der Waals surface area contributed by atoms with Crippen LogP contribution in [0, 0.1) is 6.92 Å². The van der Waals surface area contributed by atoms with E-state index >= 15 is 0 Å². The summed E-state index contributed by atoms with van der Waals surface area (Å²) in [4.78, 5) is 13.3. The number of rotatable bonds is 11. The lowest BCUT2D eigenvalue weighted by molar-refractivity contribution is -0.114. The van der Waals surface area contributed by atoms with Gasteiger partial charge in [0.15, 0.2) is 0 Å². The van der Waals surface area contributed by atoms with Crippen molar-refractivity contribution in [3.63, 3.8) is 0 Å². The summed E-state index contributed by atoms with van der Waals surface area (Å²) in [6, 6.07) is 17.1. The molecule has 0 aliphatic carbocycles. The fraction of sp³-hybridized carbons (Fsp3) is 0.296. The first-order chi connectivity index (χ1) is 17.9. The highest BCUT2D eigenvalue weighted by atomic mass is 32.2. The number of carbonyl (C=O) groups excluding carboxylic acids is 1. The Morgan fingerprint density at radius 3 is 2.18 bits per heavy atom. The number of nitrogens with one attached hydrogen (secondary N) is 2. The molecule has 11 heteroatoms. The van der Waals surface area contributed by atoms with Crippen LogP contribution < -0.4 is 19.1 Å². The Morgan fingerprint density at radius 2 is 1.58 bits per heavy atom. The van der Waals surface area contributed by atoms with E-state index in [2.05, 4.69) is 10.0 Å². The van der Waals surface area contributed by atoms with Gasteiger partial charge in [0, 0.05) is 6.04 Å². The van der Waals surface area contributed by atoms with E-state index in [1.54, 1.807) is 44.2 Å². The van der Waals surface area contributed by atoms with Gasteiger partial charge in [-0.15, -0.1) is 0 Å². The Balaban J connectivity index is 2.01. The van der Waals surface area contributed by atoms with Crippen molar-refractivity contribution in [2.75, 3.05) is 23.3 Å². The molecule has 38 heavy (non-hydrogen) atoms. The first kappa shape index (κ1) is 29.2. The highest BCUT2D eigenvalue weighted by molar-refractivity contribution is 7.92. The van der Waals surface area contributed by atoms with E-state index < -0.39 is 32.5 Å². The first-order valence-corrected chi connectivity index (χ1v) is 15.0. The molecule has 3 aromatic rings. The minimum absolute atomic E-state index is 0.0484. The molecule has 3 rings (SSSR count). The van der Waals surface area contributed by atoms with Gasteiger partial charge in [-0.1, -0.05) is 42.8 Å². The van der Waals surface area contributed by atoms with Crippen molar-refractivity contribution in [3.05, 3.63) is 77.9 Å². The van der Waals surface area contributed by atoms with E-state index in [-0.39, 0.29) is 27.3 Å². The number of hydrogen-bond acceptors (Lipinski definition) is 6. The van der Waals surface area contributed by atoms with E-state index in [9.17, 15) is 21.6 Å². The van der Waals surface area contributed by atoms with E-state index in [1.165, 1.54) is 37.4 Å². The Hall–Kier alpha value is -3.41. The Labute approximate surface area is 224 Å². The molecule has 2 N–H and O–H groups in total. The molecule has 0 atom stereocenters. The van der Waals surface area contributed by atoms with Crippen LogP contribution in [0.3, 0.4) is 0 Å². The number of benzene rings is 3. The number of para-hydroxylation sites is 1. The van der Waals surface area contributed by atoms with Crippen LogP contribution in [0.4, 0.5) is 11.4 Å². The average Bonchev–Trinajstić information content (AvgIpc) is 2.86. The molecule has 1 amide bonds. The van der Waals surface area contributed by atoms with Crippen molar-refractivity contribution in [1.82, 2.24) is 4.72 Å². The third-order valence-corrected chi connectivity index (χ3v) is 9.11. The summed E-state index contributed by atoms with van der Waals surface area (Å²) >= 11 is 0. The summed E-state index contributed by atoms with van der Waals surface area (Å²) in [7, 11) is -6.57. The van der Waals surface area contributed by atoms with Crippen LogP contribution in [-0.4, -0.2) is 42.4 Å². The number of nitrogens with zero attached hydrogens (tertiary/aromatic N) is 1. The summed E-state index contributed by atoms with van der Waals surface area (Å²) in [5.41, 5.74) is 2.13. The minimum atomic E-state index is -4.12. The van der Waals surface area contributed by atoms with E-state index in [0.29, 0.717) is 12.1 Å². The van der Waals surface area contributed by atoms with Gasteiger partial charge in [0.1, 0.15) is 12.3 Å². The van der Waals surface area contributed by atoms with Crippen molar-refractivity contribution in [3.8, 4) is 5.75 Å². The highest BCUT2D eigenvalue weighted by Crippen LogP contribution is 2.30. The molecule has 0 heterocycles. The number of amides is 1. The minimum Gasteiger partial charge on any atom is -0.495 e. The van der Waals surface area contributed by atoms with Crippen LogP contribution >= 0.6 is 0 Å². The lowest BCUT2D eigenvalue weighted by atomic mass is 10.1. The number of sulfonamides is 2. The molecular formula is C27H33N3O6S2. The third kappa shape index (κ3) is 6.72. The maximum Gasteiger partial charge on any atom is 0.264 e. The zero-order chi connectivity index (χ0) is 28.1. The second-order valence-corrected chi connectivity index (χ2v) is 12.6. The zero-order valence-corrected chi connectivity index (χ0v) is 23.7. The van der Waals surface area contributed by atoms with Gasteiger partial charge in [-0.25, -0.2) is 21.6 Å². The number of ether oxygens (including phenoxy) is 1. The molecule has 0 aromatic heterocycles. The van der Waals surface area contributed by atoms with Crippen molar-refractivity contribution < 1.29 is 26.4 Å². The summed E-state index contributed by atoms with van der Waals surface area (Å²) in [6.07, 6.45) is 0.550. The molecule has 3 aromatic carbocycles. The van der Waals surface area contributed by atoms with Crippen molar-refractivity contribution in [1.29, 1.82) is 0 Å². The predicted octanol–water partition coefficient (Wildman–Crippen LogP) is 4.09. The van der Waals surface area contributed by atoms with Crippen molar-refractivity contribution in [2.45, 2.75) is 49.9 Å². The van der Waals surface area contributed by atoms with Crippen LogP contribution in [0.5, 0.6) is 5.75 Å². The van der Waals surface area contributed by atoms with Gasteiger partial charge in [-0.2, -0.15) is 0 Å². The zero-order valence-electron chi connectivity index (χ0n) is 22.1. The fourth-order valence-corrected chi connectivity index (χ4v) is 6.58. The van der Waals surface area contributed by atoms with Crippen molar-refractivity contribution in [2.24, 2.45) is 0 Å². The topological polar surface area (TPSA) is 122 Å². The van der Waals surface area contributed by atoms with Crippen LogP contribution in [0.1, 0.15) is 31.9 Å². The highest BCUT2D eigenvalue weighted by Gasteiger charge is 2.29. The summed E-state index contributed by atoms with van der Waals surface area (Å²) < 4.78 is 61.7. The summed E-state index contributed by atoms with van der Waals surface area (Å²) in [5, 5.41) is 2.64. The molecule has 0 bridgehead atoms. The number of methoxy groups -OCH3 is 1. The normalized spacial score (nSPS) is 11.8. The van der Waals surface area contributed by atoms with Crippen LogP contribution in [0.15, 0.2) is 76.5 Å². The lowest BCUT2D eigenvalue weighted by Crippen LogP contribution is -2.38. The molecule has 0 saturated carbocycles. The lowest BCUT2D eigenvalue weighted by Gasteiger charge is -2.26. The Kier molecular flexibility index (Phi) is 9.18. The largest absolute Gasteiger partial charge is 0.495 e. The molecule has 9 nitrogen and oxygen atoms in total. The second kappa shape index (κ2) is 12.0. The quantitative estimate of drug-likeness (QED) is 0.365. The van der Waals surface area contributed by atoms with Gasteiger partial charge in [-0.05, 0) is 69.2 Å². The fourth-order valence-electron chi connectivity index (χ4n) is 3.84. The predicted molar refractivity (Wildman–Crippen MR) is 149 cm³/mol. The number of aryl methyl sites for hydroxylation is 2. The van der Waals surface area contributed by atoms with Crippen LogP contribution in [-0.2, 0) is 31.3 Å². The monoisotopic (exact) mass is 559 g/mol. The van der Waals surface area contributed by atoms with Crippen LogP contribution in [0.2, 0.25) is 0 Å². The molecule has 0 spiro atoms. The van der Waals surface area contributed by atoms with Gasteiger partial charge in [-0.3, -0.25) is 9.10 Å². The second-order valence-electron chi connectivity index (χ2n) is 8.99. The number of anilines is 2. The molecule has 0 radical (unpaired) electrons. The van der Waals surface area contributed by atoms with Crippen LogP contribution in [0.25, 0.3) is 0 Å². The van der Waals surface area contributed by atoms with E-state index in [0.717, 1.165) is 15.4 Å². The third-order valence-electron chi connectivity index (χ3n) is 5.68. The summed E-state index contributed by atoms with van der Waals surface area (Å²) in [5.74, 6) is -0.444. The van der Waals surface area contributed by atoms with Crippen molar-refractivity contribution >= 4 is 37.3 Å². The molecule has 0 unspecified atom stereocenters. The number of carbonyl (C=O) groups is 1. The summed E-state index contributed by atoms with van der Waals surface area (Å²) in [6.45, 7) is 6.60. The molecule has 0 aliphatic rings. The van der Waals surface area contributed by atoms with Gasteiger partial charge < -0.3 is 10.1 Å². The molecule has 0 saturated heterocycles. The number of hydrogen-bond donors (Lipinski definition) is 2. The van der Waals surface area contributed by atoms with Gasteiger partial charge in [0.05, 0.1) is 28.3 Å². The standard InChI is InChI=1S/C27H33N3O6S2/c1-6-21-9-7-8-10-25(21)30(38(34,35)22-13-11-20(4)12-14-22)18-27(31)28-24-17-23(15-16-26(24)36-5)37(32,33)29-19(2)3/h7-17,19,29H,6,18H2,1-5H3,(H,28,31).